The third-order valence-electron chi connectivity index (χ3n) is 5.88. The van der Waals surface area contributed by atoms with Gasteiger partial charge in [-0.25, -0.2) is 4.98 Å². The van der Waals surface area contributed by atoms with Crippen molar-refractivity contribution < 1.29 is 28.0 Å². The first kappa shape index (κ1) is 23.8. The standard InChI is InChI=1S/C28H29N7O5/c1-4-23(36)32-18-11-10-17(30-15-18)14-31-28(39)19-6-5-7-21(24(19)40-3)33-25-20(27(38)29-2)12-13-22(34-25)35-26(37)16-8-9-16/h4-7,10-13,15-16H,1,8-9,14H2,2-3H3,(H,29,38)(H,31,39)(H,32,36)(H2,33,34,35,37)/i2D3. The molecule has 0 radical (unpaired) electrons. The molecule has 0 spiro atoms. The lowest BCUT2D eigenvalue weighted by molar-refractivity contribution is -0.117. The quantitative estimate of drug-likeness (QED) is 0.229. The van der Waals surface area contributed by atoms with Crippen molar-refractivity contribution in [2.75, 3.05) is 30.0 Å². The Bertz CT molecular complexity index is 1560. The molecule has 0 saturated heterocycles. The van der Waals surface area contributed by atoms with Gasteiger partial charge in [0.25, 0.3) is 11.8 Å². The van der Waals surface area contributed by atoms with Crippen LogP contribution in [0.4, 0.5) is 23.0 Å². The maximum absolute atomic E-state index is 13.1. The number of carbonyl (C=O) groups is 4. The molecule has 1 aliphatic carbocycles. The lowest BCUT2D eigenvalue weighted by Crippen LogP contribution is -2.24. The number of ether oxygens (including phenoxy) is 1. The average molecular weight is 547 g/mol. The average Bonchev–Trinajstić information content (AvgIpc) is 3.81. The van der Waals surface area contributed by atoms with E-state index >= 15 is 0 Å². The molecule has 4 rings (SSSR count). The molecular weight excluding hydrogens is 514 g/mol. The zero-order chi connectivity index (χ0) is 31.1. The fraction of sp³-hybridized carbons (Fsp3) is 0.214. The minimum absolute atomic E-state index is 0.0685. The summed E-state index contributed by atoms with van der Waals surface area (Å²) in [6.07, 6.45) is 4.13. The molecule has 12 nitrogen and oxygen atoms in total. The lowest BCUT2D eigenvalue weighted by Gasteiger charge is -2.17. The smallest absolute Gasteiger partial charge is 0.255 e. The van der Waals surface area contributed by atoms with Crippen molar-refractivity contribution >= 4 is 46.6 Å². The van der Waals surface area contributed by atoms with Crippen molar-refractivity contribution in [1.82, 2.24) is 20.6 Å². The van der Waals surface area contributed by atoms with Crippen LogP contribution < -0.4 is 31.3 Å². The Hall–Kier alpha value is -5.26. The molecule has 1 aliphatic rings. The number of nitrogens with one attached hydrogen (secondary N) is 5. The third kappa shape index (κ3) is 6.78. The van der Waals surface area contributed by atoms with E-state index in [1.165, 1.54) is 31.5 Å². The molecule has 0 unspecified atom stereocenters. The second-order valence-electron chi connectivity index (χ2n) is 8.74. The van der Waals surface area contributed by atoms with Crippen molar-refractivity contribution in [3.05, 3.63) is 78.1 Å². The van der Waals surface area contributed by atoms with E-state index < -0.39 is 18.8 Å². The van der Waals surface area contributed by atoms with Crippen molar-refractivity contribution in [3.8, 4) is 5.75 Å². The van der Waals surface area contributed by atoms with Crippen LogP contribution in [-0.4, -0.2) is 47.7 Å². The summed E-state index contributed by atoms with van der Waals surface area (Å²) in [7, 11) is 1.36. The summed E-state index contributed by atoms with van der Waals surface area (Å²) >= 11 is 0. The molecule has 206 valence electrons. The van der Waals surface area contributed by atoms with E-state index in [9.17, 15) is 19.2 Å². The Kier molecular flexibility index (Phi) is 7.46. The first-order chi connectivity index (χ1) is 20.5. The van der Waals surface area contributed by atoms with Gasteiger partial charge in [0.15, 0.2) is 5.75 Å². The fourth-order valence-electron chi connectivity index (χ4n) is 3.67. The number of nitrogens with zero attached hydrogens (tertiary/aromatic N) is 2. The summed E-state index contributed by atoms with van der Waals surface area (Å²) in [4.78, 5) is 58.2. The largest absolute Gasteiger partial charge is 0.494 e. The predicted molar refractivity (Wildman–Crippen MR) is 149 cm³/mol. The molecule has 5 N–H and O–H groups in total. The van der Waals surface area contributed by atoms with Gasteiger partial charge in [-0.2, -0.15) is 0 Å². The van der Waals surface area contributed by atoms with Gasteiger partial charge in [0, 0.05) is 17.0 Å². The summed E-state index contributed by atoms with van der Waals surface area (Å²) in [6.45, 7) is 0.707. The number of methoxy groups -OCH3 is 1. The van der Waals surface area contributed by atoms with Gasteiger partial charge >= 0.3 is 0 Å². The van der Waals surface area contributed by atoms with E-state index in [4.69, 9.17) is 8.85 Å². The minimum atomic E-state index is -2.75. The highest BCUT2D eigenvalue weighted by atomic mass is 16.5. The number of pyridine rings is 2. The van der Waals surface area contributed by atoms with Crippen LogP contribution in [0.25, 0.3) is 0 Å². The number of amides is 4. The van der Waals surface area contributed by atoms with Gasteiger partial charge in [-0.3, -0.25) is 24.2 Å². The molecule has 2 aromatic heterocycles. The Balaban J connectivity index is 1.56. The third-order valence-corrected chi connectivity index (χ3v) is 5.88. The maximum atomic E-state index is 13.1. The normalized spacial score (nSPS) is 13.5. The monoisotopic (exact) mass is 546 g/mol. The molecule has 0 atom stereocenters. The van der Waals surface area contributed by atoms with Gasteiger partial charge in [0.2, 0.25) is 11.8 Å². The van der Waals surface area contributed by atoms with Crippen LogP contribution in [0.2, 0.25) is 0 Å². The lowest BCUT2D eigenvalue weighted by atomic mass is 10.1. The Morgan fingerprint density at radius 1 is 1.07 bits per heavy atom. The number of anilines is 4. The SMILES string of the molecule is [2H]C([2H])([2H])NC(=O)c1ccc(NC(=O)C2CC2)nc1Nc1cccc(C(=O)NCc2ccc(NC(=O)C=C)cn2)c1OC. The highest BCUT2D eigenvalue weighted by Gasteiger charge is 2.30. The Labute approximate surface area is 234 Å². The first-order valence-electron chi connectivity index (χ1n) is 13.7. The zero-order valence-corrected chi connectivity index (χ0v) is 21.5. The van der Waals surface area contributed by atoms with Gasteiger partial charge in [0.1, 0.15) is 11.6 Å². The minimum Gasteiger partial charge on any atom is -0.494 e. The number of para-hydroxylation sites is 1. The van der Waals surface area contributed by atoms with E-state index in [-0.39, 0.29) is 58.5 Å². The predicted octanol–water partition coefficient (Wildman–Crippen LogP) is 2.99. The molecule has 0 aliphatic heterocycles. The first-order valence-corrected chi connectivity index (χ1v) is 12.2. The van der Waals surface area contributed by atoms with Gasteiger partial charge in [-0.15, -0.1) is 0 Å². The van der Waals surface area contributed by atoms with Crippen LogP contribution in [0.1, 0.15) is 43.4 Å². The van der Waals surface area contributed by atoms with Crippen LogP contribution >= 0.6 is 0 Å². The molecule has 1 saturated carbocycles. The van der Waals surface area contributed by atoms with Crippen LogP contribution in [0.3, 0.4) is 0 Å². The van der Waals surface area contributed by atoms with Gasteiger partial charge in [-0.05, 0) is 55.3 Å². The number of hydrogen-bond donors (Lipinski definition) is 5. The van der Waals surface area contributed by atoms with Gasteiger partial charge in [0.05, 0.1) is 48.0 Å². The van der Waals surface area contributed by atoms with E-state index in [1.54, 1.807) is 24.3 Å². The summed E-state index contributed by atoms with van der Waals surface area (Å²) < 4.78 is 27.7. The second kappa shape index (κ2) is 12.5. The second-order valence-corrected chi connectivity index (χ2v) is 8.74. The van der Waals surface area contributed by atoms with E-state index in [2.05, 4.69) is 37.8 Å². The molecule has 1 fully saturated rings. The fourth-order valence-corrected chi connectivity index (χ4v) is 3.67. The van der Waals surface area contributed by atoms with Crippen molar-refractivity contribution in [2.45, 2.75) is 19.4 Å². The topological polar surface area (TPSA) is 163 Å². The van der Waals surface area contributed by atoms with Crippen LogP contribution in [0.5, 0.6) is 5.75 Å². The number of aromatic nitrogens is 2. The van der Waals surface area contributed by atoms with Crippen molar-refractivity contribution in [3.63, 3.8) is 0 Å². The van der Waals surface area contributed by atoms with Crippen molar-refractivity contribution in [1.29, 1.82) is 0 Å². The van der Waals surface area contributed by atoms with Gasteiger partial charge < -0.3 is 31.3 Å². The summed E-state index contributed by atoms with van der Waals surface area (Å²) in [5.74, 6) is -1.90. The summed E-state index contributed by atoms with van der Waals surface area (Å²) in [6, 6.07) is 10.7. The van der Waals surface area contributed by atoms with Crippen LogP contribution in [-0.2, 0) is 16.1 Å². The van der Waals surface area contributed by atoms with Gasteiger partial charge in [-0.1, -0.05) is 12.6 Å². The number of benzene rings is 1. The zero-order valence-electron chi connectivity index (χ0n) is 24.5. The van der Waals surface area contributed by atoms with Crippen LogP contribution in [0.15, 0.2) is 61.3 Å². The van der Waals surface area contributed by atoms with E-state index in [0.29, 0.717) is 11.4 Å². The molecule has 2 heterocycles. The summed E-state index contributed by atoms with van der Waals surface area (Å²) in [5, 5.41) is 12.9. The number of carbonyl (C=O) groups excluding carboxylic acids is 4. The number of rotatable bonds is 11. The molecule has 0 bridgehead atoms. The van der Waals surface area contributed by atoms with E-state index in [0.717, 1.165) is 18.9 Å². The highest BCUT2D eigenvalue weighted by Crippen LogP contribution is 2.33. The number of hydrogen-bond acceptors (Lipinski definition) is 8. The Morgan fingerprint density at radius 3 is 2.58 bits per heavy atom. The summed E-state index contributed by atoms with van der Waals surface area (Å²) in [5.41, 5.74) is 1.27. The van der Waals surface area contributed by atoms with E-state index in [1.807, 2.05) is 5.32 Å². The molecule has 12 heteroatoms. The molecule has 3 aromatic rings. The maximum Gasteiger partial charge on any atom is 0.255 e. The molecule has 4 amide bonds. The van der Waals surface area contributed by atoms with Crippen molar-refractivity contribution in [2.24, 2.45) is 5.92 Å². The highest BCUT2D eigenvalue weighted by molar-refractivity contribution is 6.02. The molecular formula is C28H29N7O5. The Morgan fingerprint density at radius 2 is 1.90 bits per heavy atom. The molecule has 40 heavy (non-hydrogen) atoms. The molecule has 1 aromatic carbocycles. The van der Waals surface area contributed by atoms with Crippen LogP contribution in [0, 0.1) is 5.92 Å².